The molecule has 0 aliphatic heterocycles. The van der Waals surface area contributed by atoms with Crippen molar-refractivity contribution in [3.05, 3.63) is 46.4 Å². The van der Waals surface area contributed by atoms with Gasteiger partial charge in [-0.2, -0.15) is 0 Å². The first-order valence-electron chi connectivity index (χ1n) is 8.56. The molecule has 1 amide bonds. The third-order valence-electron chi connectivity index (χ3n) is 4.46. The number of nitrogens with one attached hydrogen (secondary N) is 1. The van der Waals surface area contributed by atoms with E-state index in [1.807, 2.05) is 26.1 Å². The minimum absolute atomic E-state index is 0.0353. The van der Waals surface area contributed by atoms with Gasteiger partial charge in [-0.25, -0.2) is 9.97 Å². The Kier molecular flexibility index (Phi) is 5.46. The second-order valence-corrected chi connectivity index (χ2v) is 7.56. The van der Waals surface area contributed by atoms with Crippen molar-refractivity contribution in [1.29, 1.82) is 0 Å². The van der Waals surface area contributed by atoms with E-state index < -0.39 is 0 Å². The van der Waals surface area contributed by atoms with E-state index >= 15 is 0 Å². The number of anilines is 1. The second kappa shape index (κ2) is 7.78. The summed E-state index contributed by atoms with van der Waals surface area (Å²) in [4.78, 5) is 29.4. The van der Waals surface area contributed by atoms with E-state index in [9.17, 15) is 4.79 Å². The van der Waals surface area contributed by atoms with E-state index in [0.717, 1.165) is 22.5 Å². The smallest absolute Gasteiger partial charge is 0.241 e. The molecule has 0 radical (unpaired) electrons. The molecule has 0 aliphatic carbocycles. The first-order chi connectivity index (χ1) is 12.5. The lowest BCUT2D eigenvalue weighted by Crippen LogP contribution is -2.34. The Morgan fingerprint density at radius 1 is 1.19 bits per heavy atom. The number of fused-ring (bicyclic) bond motifs is 1. The quantitative estimate of drug-likeness (QED) is 0.723. The van der Waals surface area contributed by atoms with Crippen LogP contribution in [0.15, 0.2) is 24.5 Å². The van der Waals surface area contributed by atoms with Gasteiger partial charge in [-0.3, -0.25) is 9.78 Å². The van der Waals surface area contributed by atoms with Crippen LogP contribution in [0.3, 0.4) is 0 Å². The second-order valence-electron chi connectivity index (χ2n) is 6.36. The fourth-order valence-corrected chi connectivity index (χ4v) is 3.82. The third-order valence-corrected chi connectivity index (χ3v) is 5.56. The average molecular weight is 369 g/mol. The van der Waals surface area contributed by atoms with Crippen LogP contribution in [-0.4, -0.2) is 45.9 Å². The van der Waals surface area contributed by atoms with Gasteiger partial charge < -0.3 is 10.2 Å². The SMILES string of the molecule is Cc1nc(NCC(=O)N(C)CCc2ccncc2)c2c(C)c(C)sc2n1. The molecule has 0 fully saturated rings. The molecule has 0 unspecified atom stereocenters. The van der Waals surface area contributed by atoms with Crippen molar-refractivity contribution in [1.82, 2.24) is 19.9 Å². The van der Waals surface area contributed by atoms with E-state index in [4.69, 9.17) is 0 Å². The zero-order valence-electron chi connectivity index (χ0n) is 15.5. The van der Waals surface area contributed by atoms with Crippen molar-refractivity contribution in [3.63, 3.8) is 0 Å². The average Bonchev–Trinajstić information content (AvgIpc) is 2.92. The number of likely N-dealkylation sites (N-methyl/N-ethyl adjacent to an activating group) is 1. The summed E-state index contributed by atoms with van der Waals surface area (Å²) in [6.07, 6.45) is 4.35. The van der Waals surface area contributed by atoms with E-state index in [1.165, 1.54) is 16.0 Å². The fraction of sp³-hybridized carbons (Fsp3) is 0.368. The summed E-state index contributed by atoms with van der Waals surface area (Å²) in [6.45, 7) is 6.91. The first kappa shape index (κ1) is 18.3. The van der Waals surface area contributed by atoms with Crippen molar-refractivity contribution >= 4 is 33.3 Å². The minimum atomic E-state index is 0.0353. The first-order valence-corrected chi connectivity index (χ1v) is 9.38. The number of carbonyl (C=O) groups is 1. The lowest BCUT2D eigenvalue weighted by Gasteiger charge is -2.18. The van der Waals surface area contributed by atoms with Crippen molar-refractivity contribution in [3.8, 4) is 0 Å². The molecule has 6 nitrogen and oxygen atoms in total. The fourth-order valence-electron chi connectivity index (χ4n) is 2.75. The molecule has 0 spiro atoms. The van der Waals surface area contributed by atoms with E-state index in [0.29, 0.717) is 12.4 Å². The molecule has 26 heavy (non-hydrogen) atoms. The van der Waals surface area contributed by atoms with Crippen LogP contribution in [0.5, 0.6) is 0 Å². The van der Waals surface area contributed by atoms with Crippen LogP contribution in [0.4, 0.5) is 5.82 Å². The molecule has 7 heteroatoms. The number of hydrogen-bond donors (Lipinski definition) is 1. The highest BCUT2D eigenvalue weighted by Gasteiger charge is 2.15. The number of carbonyl (C=O) groups excluding carboxylic acids is 1. The number of nitrogens with zero attached hydrogens (tertiary/aromatic N) is 4. The summed E-state index contributed by atoms with van der Waals surface area (Å²) in [5, 5.41) is 4.23. The van der Waals surface area contributed by atoms with Gasteiger partial charge in [0.15, 0.2) is 0 Å². The minimum Gasteiger partial charge on any atom is -0.360 e. The number of rotatable bonds is 6. The van der Waals surface area contributed by atoms with Gasteiger partial charge in [-0.15, -0.1) is 11.3 Å². The predicted octanol–water partition coefficient (Wildman–Crippen LogP) is 3.12. The Hall–Kier alpha value is -2.54. The Bertz CT molecular complexity index is 923. The molecule has 136 valence electrons. The molecule has 0 aliphatic rings. The monoisotopic (exact) mass is 369 g/mol. The third kappa shape index (κ3) is 3.99. The summed E-state index contributed by atoms with van der Waals surface area (Å²) in [5.74, 6) is 1.48. The van der Waals surface area contributed by atoms with Crippen LogP contribution in [0.1, 0.15) is 21.8 Å². The summed E-state index contributed by atoms with van der Waals surface area (Å²) in [5.41, 5.74) is 2.34. The van der Waals surface area contributed by atoms with Gasteiger partial charge >= 0.3 is 0 Å². The van der Waals surface area contributed by atoms with Crippen molar-refractivity contribution in [2.75, 3.05) is 25.5 Å². The van der Waals surface area contributed by atoms with Crippen LogP contribution >= 0.6 is 11.3 Å². The summed E-state index contributed by atoms with van der Waals surface area (Å²) >= 11 is 1.66. The maximum absolute atomic E-state index is 12.5. The molecule has 0 saturated heterocycles. The number of aryl methyl sites for hydroxylation is 3. The summed E-state index contributed by atoms with van der Waals surface area (Å²) < 4.78 is 0. The van der Waals surface area contributed by atoms with Crippen LogP contribution in [0.25, 0.3) is 10.2 Å². The molecule has 3 aromatic heterocycles. The van der Waals surface area contributed by atoms with Crippen molar-refractivity contribution in [2.24, 2.45) is 0 Å². The highest BCUT2D eigenvalue weighted by atomic mass is 32.1. The molecule has 0 saturated carbocycles. The lowest BCUT2D eigenvalue weighted by molar-refractivity contribution is -0.127. The molecular formula is C19H23N5OS. The standard InChI is InChI=1S/C19H23N5OS/c1-12-13(2)26-19-17(12)18(22-14(3)23-19)21-11-16(25)24(4)10-7-15-5-8-20-9-6-15/h5-6,8-9H,7,10-11H2,1-4H3,(H,21,22,23). The molecule has 3 aromatic rings. The van der Waals surface area contributed by atoms with Gasteiger partial charge in [-0.1, -0.05) is 0 Å². The highest BCUT2D eigenvalue weighted by molar-refractivity contribution is 7.18. The van der Waals surface area contributed by atoms with E-state index in [2.05, 4.69) is 34.1 Å². The van der Waals surface area contributed by atoms with Crippen LogP contribution in [-0.2, 0) is 11.2 Å². The maximum Gasteiger partial charge on any atom is 0.241 e. The van der Waals surface area contributed by atoms with Gasteiger partial charge in [0.1, 0.15) is 16.5 Å². The Balaban J connectivity index is 1.65. The van der Waals surface area contributed by atoms with E-state index in [-0.39, 0.29) is 12.5 Å². The maximum atomic E-state index is 12.5. The highest BCUT2D eigenvalue weighted by Crippen LogP contribution is 2.33. The lowest BCUT2D eigenvalue weighted by atomic mass is 10.2. The summed E-state index contributed by atoms with van der Waals surface area (Å²) in [6, 6.07) is 3.94. The van der Waals surface area contributed by atoms with Crippen molar-refractivity contribution < 1.29 is 4.79 Å². The molecular weight excluding hydrogens is 346 g/mol. The predicted molar refractivity (Wildman–Crippen MR) is 106 cm³/mol. The number of pyridine rings is 1. The molecule has 0 atom stereocenters. The van der Waals surface area contributed by atoms with Gasteiger partial charge in [-0.05, 0) is 50.5 Å². The zero-order valence-corrected chi connectivity index (χ0v) is 16.4. The Labute approximate surface area is 157 Å². The number of amides is 1. The summed E-state index contributed by atoms with van der Waals surface area (Å²) in [7, 11) is 1.83. The molecule has 1 N–H and O–H groups in total. The van der Waals surface area contributed by atoms with Gasteiger partial charge in [0, 0.05) is 30.9 Å². The van der Waals surface area contributed by atoms with Gasteiger partial charge in [0.2, 0.25) is 5.91 Å². The van der Waals surface area contributed by atoms with Crippen LogP contribution < -0.4 is 5.32 Å². The number of aromatic nitrogens is 3. The van der Waals surface area contributed by atoms with Gasteiger partial charge in [0.25, 0.3) is 0 Å². The number of hydrogen-bond acceptors (Lipinski definition) is 6. The molecule has 0 bridgehead atoms. The zero-order chi connectivity index (χ0) is 18.7. The van der Waals surface area contributed by atoms with Crippen LogP contribution in [0.2, 0.25) is 0 Å². The Morgan fingerprint density at radius 3 is 2.65 bits per heavy atom. The van der Waals surface area contributed by atoms with Crippen LogP contribution in [0, 0.1) is 20.8 Å². The normalized spacial score (nSPS) is 10.9. The topological polar surface area (TPSA) is 71.0 Å². The van der Waals surface area contributed by atoms with Crippen molar-refractivity contribution in [2.45, 2.75) is 27.2 Å². The van der Waals surface area contributed by atoms with E-state index in [1.54, 1.807) is 28.6 Å². The largest absolute Gasteiger partial charge is 0.360 e. The molecule has 3 heterocycles. The Morgan fingerprint density at radius 2 is 1.92 bits per heavy atom. The molecule has 0 aromatic carbocycles. The molecule has 3 rings (SSSR count). The van der Waals surface area contributed by atoms with Gasteiger partial charge in [0.05, 0.1) is 11.9 Å². The number of thiophene rings is 1.